The molecule has 0 bridgehead atoms. The molecule has 0 radical (unpaired) electrons. The molecule has 7 nitrogen and oxygen atoms in total. The molecule has 3 aromatic carbocycles. The van der Waals surface area contributed by atoms with Crippen LogP contribution in [0.3, 0.4) is 0 Å². The number of anilines is 2. The van der Waals surface area contributed by atoms with Crippen molar-refractivity contribution in [2.24, 2.45) is 0 Å². The summed E-state index contributed by atoms with van der Waals surface area (Å²) in [4.78, 5) is 28.2. The molecule has 0 atom stereocenters. The molecule has 3 aromatic rings. The summed E-state index contributed by atoms with van der Waals surface area (Å²) in [6.07, 6.45) is 0.921. The molecule has 0 fully saturated rings. The highest BCUT2D eigenvalue weighted by molar-refractivity contribution is 6.06. The van der Waals surface area contributed by atoms with Gasteiger partial charge >= 0.3 is 0 Å². The number of benzene rings is 3. The number of carbonyl (C=O) groups is 2. The highest BCUT2D eigenvalue weighted by Gasteiger charge is 2.23. The van der Waals surface area contributed by atoms with Crippen LogP contribution in [0.4, 0.5) is 11.4 Å². The van der Waals surface area contributed by atoms with Gasteiger partial charge in [0, 0.05) is 36.1 Å². The molecule has 2 aliphatic rings. The molecule has 2 aliphatic heterocycles. The Labute approximate surface area is 198 Å². The normalized spacial score (nSPS) is 14.0. The number of carbonyl (C=O) groups excluding carboxylic acids is 2. The summed E-state index contributed by atoms with van der Waals surface area (Å²) in [6, 6.07) is 19.0. The predicted molar refractivity (Wildman–Crippen MR) is 131 cm³/mol. The number of amides is 2. The summed E-state index contributed by atoms with van der Waals surface area (Å²) < 4.78 is 10.7. The van der Waals surface area contributed by atoms with E-state index in [0.29, 0.717) is 28.3 Å². The predicted octanol–water partition coefficient (Wildman–Crippen LogP) is 4.37. The standard InChI is InChI=1S/C27H27N3O4/c1-17(2)28-27(32)22-14-21(29-26(31)19-7-10-24-25(13-19)34-16-33-24)8-9-23(22)30-12-11-18-5-3-4-6-20(18)15-30/h3-10,13-14,17H,11-12,15-16H2,1-2H3,(H,28,32)(H,29,31). The van der Waals surface area contributed by atoms with Crippen LogP contribution in [0, 0.1) is 0 Å². The van der Waals surface area contributed by atoms with E-state index in [1.165, 1.54) is 11.1 Å². The molecule has 7 heteroatoms. The molecule has 0 unspecified atom stereocenters. The van der Waals surface area contributed by atoms with E-state index in [2.05, 4.69) is 33.7 Å². The van der Waals surface area contributed by atoms with Crippen LogP contribution in [-0.4, -0.2) is 31.2 Å². The second kappa shape index (κ2) is 9.09. The molecule has 5 rings (SSSR count). The van der Waals surface area contributed by atoms with Crippen LogP contribution < -0.4 is 25.0 Å². The first-order valence-corrected chi connectivity index (χ1v) is 11.5. The zero-order chi connectivity index (χ0) is 23.7. The van der Waals surface area contributed by atoms with Gasteiger partial charge in [0.25, 0.3) is 11.8 Å². The Balaban J connectivity index is 1.42. The average Bonchev–Trinajstić information content (AvgIpc) is 3.31. The Hall–Kier alpha value is -4.00. The number of nitrogens with zero attached hydrogens (tertiary/aromatic N) is 1. The number of fused-ring (bicyclic) bond motifs is 2. The van der Waals surface area contributed by atoms with Crippen molar-refractivity contribution in [3.63, 3.8) is 0 Å². The zero-order valence-corrected chi connectivity index (χ0v) is 19.3. The Morgan fingerprint density at radius 3 is 2.53 bits per heavy atom. The minimum atomic E-state index is -0.284. The fourth-order valence-corrected chi connectivity index (χ4v) is 4.35. The van der Waals surface area contributed by atoms with Crippen molar-refractivity contribution in [2.45, 2.75) is 32.9 Å². The molecular weight excluding hydrogens is 430 g/mol. The quantitative estimate of drug-likeness (QED) is 0.595. The van der Waals surface area contributed by atoms with Gasteiger partial charge in [-0.15, -0.1) is 0 Å². The fourth-order valence-electron chi connectivity index (χ4n) is 4.35. The van der Waals surface area contributed by atoms with Crippen molar-refractivity contribution < 1.29 is 19.1 Å². The SMILES string of the molecule is CC(C)NC(=O)c1cc(NC(=O)c2ccc3c(c2)OCO3)ccc1N1CCc2ccccc2C1. The highest BCUT2D eigenvalue weighted by atomic mass is 16.7. The zero-order valence-electron chi connectivity index (χ0n) is 19.3. The first-order valence-electron chi connectivity index (χ1n) is 11.5. The summed E-state index contributed by atoms with van der Waals surface area (Å²) in [5, 5.41) is 5.90. The number of hydrogen-bond acceptors (Lipinski definition) is 5. The Kier molecular flexibility index (Phi) is 5.84. The molecule has 2 N–H and O–H groups in total. The van der Waals surface area contributed by atoms with Crippen molar-refractivity contribution in [2.75, 3.05) is 23.6 Å². The van der Waals surface area contributed by atoms with Gasteiger partial charge in [-0.05, 0) is 67.8 Å². The van der Waals surface area contributed by atoms with E-state index >= 15 is 0 Å². The topological polar surface area (TPSA) is 79.9 Å². The van der Waals surface area contributed by atoms with Crippen LogP contribution in [-0.2, 0) is 13.0 Å². The smallest absolute Gasteiger partial charge is 0.255 e. The van der Waals surface area contributed by atoms with Crippen molar-refractivity contribution in [1.29, 1.82) is 0 Å². The van der Waals surface area contributed by atoms with E-state index in [0.717, 1.165) is 25.2 Å². The molecule has 2 amide bonds. The van der Waals surface area contributed by atoms with E-state index in [4.69, 9.17) is 9.47 Å². The molecule has 0 spiro atoms. The van der Waals surface area contributed by atoms with Crippen LogP contribution in [0.25, 0.3) is 0 Å². The summed E-state index contributed by atoms with van der Waals surface area (Å²) in [5.41, 5.74) is 5.01. The third-order valence-corrected chi connectivity index (χ3v) is 6.02. The maximum Gasteiger partial charge on any atom is 0.255 e. The summed E-state index contributed by atoms with van der Waals surface area (Å²) >= 11 is 0. The summed E-state index contributed by atoms with van der Waals surface area (Å²) in [5.74, 6) is 0.721. The molecule has 0 aromatic heterocycles. The van der Waals surface area contributed by atoms with Gasteiger partial charge in [0.2, 0.25) is 6.79 Å². The maximum atomic E-state index is 13.1. The van der Waals surface area contributed by atoms with Crippen molar-refractivity contribution in [3.8, 4) is 11.5 Å². The monoisotopic (exact) mass is 457 g/mol. The van der Waals surface area contributed by atoms with Crippen LogP contribution in [0.2, 0.25) is 0 Å². The first kappa shape index (κ1) is 21.8. The number of nitrogens with one attached hydrogen (secondary N) is 2. The average molecular weight is 458 g/mol. The van der Waals surface area contributed by atoms with Crippen LogP contribution >= 0.6 is 0 Å². The Morgan fingerprint density at radius 2 is 1.71 bits per heavy atom. The maximum absolute atomic E-state index is 13.1. The lowest BCUT2D eigenvalue weighted by Gasteiger charge is -2.32. The Morgan fingerprint density at radius 1 is 0.912 bits per heavy atom. The fraction of sp³-hybridized carbons (Fsp3) is 0.259. The Bertz CT molecular complexity index is 1250. The third kappa shape index (κ3) is 4.41. The van der Waals surface area contributed by atoms with Crippen LogP contribution in [0.1, 0.15) is 45.7 Å². The van der Waals surface area contributed by atoms with Crippen molar-refractivity contribution in [3.05, 3.63) is 82.9 Å². The highest BCUT2D eigenvalue weighted by Crippen LogP contribution is 2.33. The lowest BCUT2D eigenvalue weighted by Crippen LogP contribution is -2.35. The molecule has 0 aliphatic carbocycles. The van der Waals surface area contributed by atoms with Crippen LogP contribution in [0.5, 0.6) is 11.5 Å². The third-order valence-electron chi connectivity index (χ3n) is 6.02. The molecule has 34 heavy (non-hydrogen) atoms. The largest absolute Gasteiger partial charge is 0.454 e. The van der Waals surface area contributed by atoms with Gasteiger partial charge in [-0.25, -0.2) is 0 Å². The van der Waals surface area contributed by atoms with Gasteiger partial charge in [-0.1, -0.05) is 24.3 Å². The van der Waals surface area contributed by atoms with E-state index in [9.17, 15) is 9.59 Å². The molecule has 174 valence electrons. The van der Waals surface area contributed by atoms with E-state index < -0.39 is 0 Å². The number of hydrogen-bond donors (Lipinski definition) is 2. The molecular formula is C27H27N3O4. The van der Waals surface area contributed by atoms with Gasteiger partial charge in [0.05, 0.1) is 5.56 Å². The van der Waals surface area contributed by atoms with Gasteiger partial charge < -0.3 is 25.0 Å². The summed E-state index contributed by atoms with van der Waals surface area (Å²) in [7, 11) is 0. The second-order valence-corrected chi connectivity index (χ2v) is 8.82. The minimum absolute atomic E-state index is 0.00527. The van der Waals surface area contributed by atoms with Gasteiger partial charge in [0.15, 0.2) is 11.5 Å². The summed E-state index contributed by atoms with van der Waals surface area (Å²) in [6.45, 7) is 5.57. The van der Waals surface area contributed by atoms with E-state index in [1.54, 1.807) is 24.3 Å². The number of ether oxygens (including phenoxy) is 2. The van der Waals surface area contributed by atoms with Gasteiger partial charge in [-0.2, -0.15) is 0 Å². The second-order valence-electron chi connectivity index (χ2n) is 8.82. The lowest BCUT2D eigenvalue weighted by molar-refractivity contribution is 0.0942. The van der Waals surface area contributed by atoms with E-state index in [-0.39, 0.29) is 24.6 Å². The van der Waals surface area contributed by atoms with E-state index in [1.807, 2.05) is 32.0 Å². The molecule has 0 saturated carbocycles. The minimum Gasteiger partial charge on any atom is -0.454 e. The molecule has 0 saturated heterocycles. The first-order chi connectivity index (χ1) is 16.5. The lowest BCUT2D eigenvalue weighted by atomic mass is 9.98. The molecule has 2 heterocycles. The van der Waals surface area contributed by atoms with Gasteiger partial charge in [-0.3, -0.25) is 9.59 Å². The van der Waals surface area contributed by atoms with Gasteiger partial charge in [0.1, 0.15) is 0 Å². The van der Waals surface area contributed by atoms with Crippen molar-refractivity contribution in [1.82, 2.24) is 5.32 Å². The van der Waals surface area contributed by atoms with Crippen molar-refractivity contribution >= 4 is 23.2 Å². The van der Waals surface area contributed by atoms with Crippen LogP contribution in [0.15, 0.2) is 60.7 Å². The number of rotatable bonds is 5.